The van der Waals surface area contributed by atoms with Crippen molar-refractivity contribution in [3.8, 4) is 0 Å². The lowest BCUT2D eigenvalue weighted by Gasteiger charge is -2.13. The van der Waals surface area contributed by atoms with Crippen LogP contribution in [-0.2, 0) is 9.59 Å². The average Bonchev–Trinajstić information content (AvgIpc) is 2.39. The molecule has 1 rings (SSSR count). The van der Waals surface area contributed by atoms with Gasteiger partial charge in [0.1, 0.15) is 6.04 Å². The number of benzene rings is 1. The van der Waals surface area contributed by atoms with Gasteiger partial charge in [-0.3, -0.25) is 9.59 Å². The number of carboxylic acids is 1. The fraction of sp³-hybridized carbons (Fsp3) is 0.231. The molecule has 3 N–H and O–H groups in total. The lowest BCUT2D eigenvalue weighted by Crippen LogP contribution is -2.39. The minimum Gasteiger partial charge on any atom is -0.480 e. The van der Waals surface area contributed by atoms with Gasteiger partial charge in [0.2, 0.25) is 5.91 Å². The normalized spacial score (nSPS) is 11.7. The molecule has 1 unspecified atom stereocenters. The maximum atomic E-state index is 11.8. The first-order chi connectivity index (χ1) is 9.45. The van der Waals surface area contributed by atoms with Gasteiger partial charge < -0.3 is 15.7 Å². The van der Waals surface area contributed by atoms with Crippen molar-refractivity contribution in [1.82, 2.24) is 5.32 Å². The predicted molar refractivity (Wildman–Crippen MR) is 79.3 cm³/mol. The number of aliphatic carboxylic acids is 1. The highest BCUT2D eigenvalue weighted by Crippen LogP contribution is 2.29. The molecule has 7 heteroatoms. The van der Waals surface area contributed by atoms with Gasteiger partial charge in [-0.25, -0.2) is 0 Å². The number of anilines is 1. The molecule has 0 saturated heterocycles. The second kappa shape index (κ2) is 7.89. The highest BCUT2D eigenvalue weighted by Gasteiger charge is 2.20. The van der Waals surface area contributed by atoms with E-state index in [0.717, 1.165) is 0 Å². The fourth-order valence-corrected chi connectivity index (χ4v) is 1.81. The van der Waals surface area contributed by atoms with Crippen LogP contribution in [0.1, 0.15) is 6.42 Å². The Morgan fingerprint density at radius 1 is 1.40 bits per heavy atom. The lowest BCUT2D eigenvalue weighted by molar-refractivity contribution is -0.140. The van der Waals surface area contributed by atoms with Gasteiger partial charge in [0.25, 0.3) is 0 Å². The topological polar surface area (TPSA) is 78.4 Å². The average molecular weight is 317 g/mol. The van der Waals surface area contributed by atoms with Crippen LogP contribution >= 0.6 is 23.2 Å². The van der Waals surface area contributed by atoms with Crippen LogP contribution in [0.15, 0.2) is 30.9 Å². The predicted octanol–water partition coefficient (Wildman–Crippen LogP) is 2.55. The zero-order valence-corrected chi connectivity index (χ0v) is 12.0. The van der Waals surface area contributed by atoms with Crippen molar-refractivity contribution < 1.29 is 14.7 Å². The molecular weight excluding hydrogens is 303 g/mol. The van der Waals surface area contributed by atoms with E-state index in [-0.39, 0.29) is 11.4 Å². The van der Waals surface area contributed by atoms with Crippen molar-refractivity contribution in [2.45, 2.75) is 12.5 Å². The largest absolute Gasteiger partial charge is 0.480 e. The van der Waals surface area contributed by atoms with E-state index >= 15 is 0 Å². The van der Waals surface area contributed by atoms with Crippen LogP contribution in [0.4, 0.5) is 5.69 Å². The number of rotatable bonds is 7. The summed E-state index contributed by atoms with van der Waals surface area (Å²) in [6.45, 7) is 3.77. The smallest absolute Gasteiger partial charge is 0.321 e. The van der Waals surface area contributed by atoms with Crippen molar-refractivity contribution >= 4 is 40.8 Å². The van der Waals surface area contributed by atoms with Crippen LogP contribution in [0.2, 0.25) is 10.0 Å². The van der Waals surface area contributed by atoms with E-state index in [4.69, 9.17) is 28.3 Å². The summed E-state index contributed by atoms with van der Waals surface area (Å²) >= 11 is 11.7. The SMILES string of the molecule is C=CCNC(CC(=O)Nc1cccc(Cl)c1Cl)C(=O)O. The summed E-state index contributed by atoms with van der Waals surface area (Å²) in [5, 5.41) is 14.7. The van der Waals surface area contributed by atoms with E-state index in [1.807, 2.05) is 0 Å². The summed E-state index contributed by atoms with van der Waals surface area (Å²) in [5.74, 6) is -1.59. The number of hydrogen-bond donors (Lipinski definition) is 3. The van der Waals surface area contributed by atoms with E-state index in [1.165, 1.54) is 6.08 Å². The van der Waals surface area contributed by atoms with Gasteiger partial charge in [0, 0.05) is 6.54 Å². The van der Waals surface area contributed by atoms with Gasteiger partial charge >= 0.3 is 5.97 Å². The number of carbonyl (C=O) groups is 2. The van der Waals surface area contributed by atoms with Crippen molar-refractivity contribution in [2.24, 2.45) is 0 Å². The zero-order valence-electron chi connectivity index (χ0n) is 10.5. The van der Waals surface area contributed by atoms with Gasteiger partial charge in [-0.15, -0.1) is 6.58 Å². The Morgan fingerprint density at radius 2 is 2.10 bits per heavy atom. The first-order valence-electron chi connectivity index (χ1n) is 5.76. The molecule has 0 saturated carbocycles. The number of nitrogens with one attached hydrogen (secondary N) is 2. The fourth-order valence-electron chi connectivity index (χ4n) is 1.46. The molecule has 0 aliphatic carbocycles. The Morgan fingerprint density at radius 3 is 2.70 bits per heavy atom. The molecule has 0 spiro atoms. The highest BCUT2D eigenvalue weighted by atomic mass is 35.5. The van der Waals surface area contributed by atoms with Crippen LogP contribution in [0.25, 0.3) is 0 Å². The van der Waals surface area contributed by atoms with E-state index in [9.17, 15) is 9.59 Å². The quantitative estimate of drug-likeness (QED) is 0.675. The Hall–Kier alpha value is -1.56. The van der Waals surface area contributed by atoms with E-state index < -0.39 is 17.9 Å². The second-order valence-corrected chi connectivity index (χ2v) is 4.73. The third kappa shape index (κ3) is 4.85. The van der Waals surface area contributed by atoms with Crippen LogP contribution in [0.5, 0.6) is 0 Å². The molecule has 0 radical (unpaired) electrons. The molecular formula is C13H14Cl2N2O3. The number of hydrogen-bond acceptors (Lipinski definition) is 3. The van der Waals surface area contributed by atoms with Gasteiger partial charge in [-0.05, 0) is 12.1 Å². The first kappa shape index (κ1) is 16.5. The van der Waals surface area contributed by atoms with Crippen LogP contribution in [-0.4, -0.2) is 29.6 Å². The van der Waals surface area contributed by atoms with Crippen LogP contribution < -0.4 is 10.6 Å². The standard InChI is InChI=1S/C13H14Cl2N2O3/c1-2-6-16-10(13(19)20)7-11(18)17-9-5-3-4-8(14)12(9)15/h2-5,10,16H,1,6-7H2,(H,17,18)(H,19,20). The zero-order chi connectivity index (χ0) is 15.1. The number of halogens is 2. The summed E-state index contributed by atoms with van der Waals surface area (Å²) in [6.07, 6.45) is 1.29. The highest BCUT2D eigenvalue weighted by molar-refractivity contribution is 6.43. The molecule has 1 aromatic carbocycles. The second-order valence-electron chi connectivity index (χ2n) is 3.94. The molecule has 5 nitrogen and oxygen atoms in total. The minimum absolute atomic E-state index is 0.216. The number of amides is 1. The van der Waals surface area contributed by atoms with Gasteiger partial charge in [-0.1, -0.05) is 35.3 Å². The Bertz CT molecular complexity index is 520. The molecule has 0 aliphatic rings. The number of carbonyl (C=O) groups excluding carboxylic acids is 1. The molecule has 1 amide bonds. The minimum atomic E-state index is -1.11. The van der Waals surface area contributed by atoms with Crippen LogP contribution in [0.3, 0.4) is 0 Å². The summed E-state index contributed by atoms with van der Waals surface area (Å²) in [4.78, 5) is 22.8. The molecule has 20 heavy (non-hydrogen) atoms. The van der Waals surface area contributed by atoms with Gasteiger partial charge in [0.15, 0.2) is 0 Å². The summed E-state index contributed by atoms with van der Waals surface area (Å²) in [6, 6.07) is 3.81. The monoisotopic (exact) mass is 316 g/mol. The summed E-state index contributed by atoms with van der Waals surface area (Å²) < 4.78 is 0. The van der Waals surface area contributed by atoms with Crippen molar-refractivity contribution in [1.29, 1.82) is 0 Å². The molecule has 0 fully saturated rings. The van der Waals surface area contributed by atoms with Gasteiger partial charge in [0.05, 0.1) is 22.2 Å². The van der Waals surface area contributed by atoms with E-state index in [2.05, 4.69) is 17.2 Å². The Labute approximate surface area is 126 Å². The third-order valence-corrected chi connectivity index (χ3v) is 3.24. The molecule has 1 atom stereocenters. The Kier molecular flexibility index (Phi) is 6.51. The van der Waals surface area contributed by atoms with E-state index in [1.54, 1.807) is 18.2 Å². The maximum Gasteiger partial charge on any atom is 0.321 e. The van der Waals surface area contributed by atoms with E-state index in [0.29, 0.717) is 17.3 Å². The van der Waals surface area contributed by atoms with Crippen molar-refractivity contribution in [2.75, 3.05) is 11.9 Å². The summed E-state index contributed by atoms with van der Waals surface area (Å²) in [7, 11) is 0. The maximum absolute atomic E-state index is 11.8. The van der Waals surface area contributed by atoms with Gasteiger partial charge in [-0.2, -0.15) is 0 Å². The molecule has 0 aromatic heterocycles. The Balaban J connectivity index is 2.68. The number of carboxylic acid groups (broad SMARTS) is 1. The molecule has 0 aliphatic heterocycles. The molecule has 1 aromatic rings. The summed E-state index contributed by atoms with van der Waals surface area (Å²) in [5.41, 5.74) is 0.344. The first-order valence-corrected chi connectivity index (χ1v) is 6.52. The molecule has 0 bridgehead atoms. The van der Waals surface area contributed by atoms with Crippen molar-refractivity contribution in [3.05, 3.63) is 40.9 Å². The van der Waals surface area contributed by atoms with Crippen molar-refractivity contribution in [3.63, 3.8) is 0 Å². The molecule has 0 heterocycles. The lowest BCUT2D eigenvalue weighted by atomic mass is 10.2. The van der Waals surface area contributed by atoms with Crippen LogP contribution in [0, 0.1) is 0 Å². The third-order valence-electron chi connectivity index (χ3n) is 2.42. The molecule has 108 valence electrons.